The van der Waals surface area contributed by atoms with E-state index in [2.05, 4.69) is 5.32 Å². The molecule has 1 amide bonds. The first-order chi connectivity index (χ1) is 5.11. The van der Waals surface area contributed by atoms with E-state index in [4.69, 9.17) is 10.4 Å². The highest BCUT2D eigenvalue weighted by Gasteiger charge is 2.12. The molecule has 0 saturated heterocycles. The van der Waals surface area contributed by atoms with Crippen LogP contribution in [0.15, 0.2) is 0 Å². The van der Waals surface area contributed by atoms with Crippen molar-refractivity contribution >= 4 is 5.91 Å². The van der Waals surface area contributed by atoms with Crippen LogP contribution < -0.4 is 5.32 Å². The third kappa shape index (κ3) is 3.58. The second-order valence-corrected chi connectivity index (χ2v) is 2.27. The summed E-state index contributed by atoms with van der Waals surface area (Å²) in [5.41, 5.74) is 0. The standard InChI is InChI=1S/C7H12N2O2/c1-3-6(4-8)9-7(11)5(2)10/h5-6,10H,3H2,1-2H3,(H,9,11)/t5-,6?/m1/s1. The van der Waals surface area contributed by atoms with Crippen LogP contribution in [0.25, 0.3) is 0 Å². The van der Waals surface area contributed by atoms with Crippen LogP contribution in [0.4, 0.5) is 0 Å². The molecular formula is C7H12N2O2. The van der Waals surface area contributed by atoms with E-state index in [1.54, 1.807) is 6.92 Å². The van der Waals surface area contributed by atoms with Crippen molar-refractivity contribution in [2.45, 2.75) is 32.4 Å². The lowest BCUT2D eigenvalue weighted by atomic mass is 10.2. The largest absolute Gasteiger partial charge is 0.384 e. The van der Waals surface area contributed by atoms with E-state index in [9.17, 15) is 4.79 Å². The number of hydrogen-bond acceptors (Lipinski definition) is 3. The number of hydrogen-bond donors (Lipinski definition) is 2. The minimum Gasteiger partial charge on any atom is -0.384 e. The number of nitrogens with one attached hydrogen (secondary N) is 1. The summed E-state index contributed by atoms with van der Waals surface area (Å²) in [6.45, 7) is 3.15. The summed E-state index contributed by atoms with van der Waals surface area (Å²) in [6, 6.07) is 1.41. The van der Waals surface area contributed by atoms with Crippen LogP contribution in [-0.2, 0) is 4.79 Å². The molecule has 0 saturated carbocycles. The number of nitriles is 1. The molecule has 1 unspecified atom stereocenters. The van der Waals surface area contributed by atoms with Gasteiger partial charge in [0.15, 0.2) is 0 Å². The molecule has 11 heavy (non-hydrogen) atoms. The van der Waals surface area contributed by atoms with Gasteiger partial charge in [-0.1, -0.05) is 6.92 Å². The molecule has 4 heteroatoms. The lowest BCUT2D eigenvalue weighted by Gasteiger charge is -2.09. The molecule has 0 aromatic carbocycles. The van der Waals surface area contributed by atoms with Gasteiger partial charge in [0.25, 0.3) is 0 Å². The summed E-state index contributed by atoms with van der Waals surface area (Å²) in [5, 5.41) is 19.5. The van der Waals surface area contributed by atoms with Gasteiger partial charge in [-0.2, -0.15) is 5.26 Å². The molecule has 62 valence electrons. The van der Waals surface area contributed by atoms with Gasteiger partial charge in [-0.15, -0.1) is 0 Å². The zero-order chi connectivity index (χ0) is 8.85. The summed E-state index contributed by atoms with van der Waals surface area (Å²) >= 11 is 0. The highest BCUT2D eigenvalue weighted by Crippen LogP contribution is 1.89. The fraction of sp³-hybridized carbons (Fsp3) is 0.714. The lowest BCUT2D eigenvalue weighted by molar-refractivity contribution is -0.128. The Kier molecular flexibility index (Phi) is 4.23. The Morgan fingerprint density at radius 3 is 2.64 bits per heavy atom. The normalized spacial score (nSPS) is 14.7. The zero-order valence-corrected chi connectivity index (χ0v) is 6.66. The first-order valence-corrected chi connectivity index (χ1v) is 3.49. The minimum absolute atomic E-state index is 0.489. The van der Waals surface area contributed by atoms with Crippen LogP contribution in [0.2, 0.25) is 0 Å². The maximum atomic E-state index is 10.8. The molecule has 0 aromatic heterocycles. The fourth-order valence-electron chi connectivity index (χ4n) is 0.518. The number of rotatable bonds is 3. The smallest absolute Gasteiger partial charge is 0.249 e. The van der Waals surface area contributed by atoms with E-state index < -0.39 is 18.1 Å². The average Bonchev–Trinajstić information content (AvgIpc) is 1.99. The molecule has 0 aliphatic heterocycles. The number of carbonyl (C=O) groups excluding carboxylic acids is 1. The van der Waals surface area contributed by atoms with Crippen molar-refractivity contribution in [3.63, 3.8) is 0 Å². The summed E-state index contributed by atoms with van der Waals surface area (Å²) in [4.78, 5) is 10.8. The molecule has 0 aromatic rings. The van der Waals surface area contributed by atoms with Crippen LogP contribution >= 0.6 is 0 Å². The number of carbonyl (C=O) groups is 1. The van der Waals surface area contributed by atoms with Crippen LogP contribution in [0.5, 0.6) is 0 Å². The van der Waals surface area contributed by atoms with Crippen molar-refractivity contribution in [3.8, 4) is 6.07 Å². The molecule has 0 heterocycles. The summed E-state index contributed by atoms with van der Waals surface area (Å²) in [6.07, 6.45) is -0.494. The average molecular weight is 156 g/mol. The van der Waals surface area contributed by atoms with Crippen molar-refractivity contribution in [1.82, 2.24) is 5.32 Å². The van der Waals surface area contributed by atoms with Crippen molar-refractivity contribution in [2.24, 2.45) is 0 Å². The van der Waals surface area contributed by atoms with Gasteiger partial charge in [0, 0.05) is 0 Å². The van der Waals surface area contributed by atoms with Gasteiger partial charge < -0.3 is 10.4 Å². The van der Waals surface area contributed by atoms with E-state index in [-0.39, 0.29) is 0 Å². The lowest BCUT2D eigenvalue weighted by Crippen LogP contribution is -2.39. The molecule has 2 N–H and O–H groups in total. The van der Waals surface area contributed by atoms with E-state index in [1.165, 1.54) is 6.92 Å². The Morgan fingerprint density at radius 1 is 1.82 bits per heavy atom. The molecule has 2 atom stereocenters. The van der Waals surface area contributed by atoms with Gasteiger partial charge in [0.2, 0.25) is 5.91 Å². The Balaban J connectivity index is 3.84. The Labute approximate surface area is 65.8 Å². The third-order valence-corrected chi connectivity index (χ3v) is 1.26. The Bertz CT molecular complexity index is 172. The monoisotopic (exact) mass is 156 g/mol. The van der Waals surface area contributed by atoms with Crippen LogP contribution in [0, 0.1) is 11.3 Å². The zero-order valence-electron chi connectivity index (χ0n) is 6.66. The molecule has 0 aliphatic carbocycles. The van der Waals surface area contributed by atoms with Crippen molar-refractivity contribution in [1.29, 1.82) is 5.26 Å². The molecular weight excluding hydrogens is 144 g/mol. The van der Waals surface area contributed by atoms with Gasteiger partial charge in [0.05, 0.1) is 6.07 Å². The quantitative estimate of drug-likeness (QED) is 0.593. The first-order valence-electron chi connectivity index (χ1n) is 3.49. The first kappa shape index (κ1) is 9.92. The van der Waals surface area contributed by atoms with Crippen molar-refractivity contribution < 1.29 is 9.90 Å². The maximum absolute atomic E-state index is 10.8. The summed E-state index contributed by atoms with van der Waals surface area (Å²) < 4.78 is 0. The maximum Gasteiger partial charge on any atom is 0.249 e. The van der Waals surface area contributed by atoms with Crippen molar-refractivity contribution in [2.75, 3.05) is 0 Å². The third-order valence-electron chi connectivity index (χ3n) is 1.26. The highest BCUT2D eigenvalue weighted by atomic mass is 16.3. The summed E-state index contributed by atoms with van der Waals surface area (Å²) in [5.74, 6) is -0.501. The van der Waals surface area contributed by atoms with Crippen LogP contribution in [0.3, 0.4) is 0 Å². The SMILES string of the molecule is CCC(C#N)NC(=O)[C@@H](C)O. The topological polar surface area (TPSA) is 73.1 Å². The summed E-state index contributed by atoms with van der Waals surface area (Å²) in [7, 11) is 0. The molecule has 0 aliphatic rings. The molecule has 0 spiro atoms. The predicted octanol–water partition coefficient (Wildman–Crippen LogP) is -0.214. The Hall–Kier alpha value is -1.08. The molecule has 0 radical (unpaired) electrons. The predicted molar refractivity (Wildman–Crippen MR) is 39.5 cm³/mol. The van der Waals surface area contributed by atoms with Crippen LogP contribution in [-0.4, -0.2) is 23.2 Å². The molecule has 0 rings (SSSR count). The van der Waals surface area contributed by atoms with E-state index >= 15 is 0 Å². The number of nitrogens with zero attached hydrogens (tertiary/aromatic N) is 1. The van der Waals surface area contributed by atoms with E-state index in [0.717, 1.165) is 0 Å². The highest BCUT2D eigenvalue weighted by molar-refractivity contribution is 5.80. The number of amides is 1. The minimum atomic E-state index is -1.04. The van der Waals surface area contributed by atoms with E-state index in [0.29, 0.717) is 6.42 Å². The molecule has 0 bridgehead atoms. The fourth-order valence-corrected chi connectivity index (χ4v) is 0.518. The molecule has 4 nitrogen and oxygen atoms in total. The van der Waals surface area contributed by atoms with Crippen molar-refractivity contribution in [3.05, 3.63) is 0 Å². The van der Waals surface area contributed by atoms with Crippen LogP contribution in [0.1, 0.15) is 20.3 Å². The number of aliphatic hydroxyl groups is 1. The van der Waals surface area contributed by atoms with Gasteiger partial charge in [-0.3, -0.25) is 4.79 Å². The van der Waals surface area contributed by atoms with Gasteiger partial charge in [-0.05, 0) is 13.3 Å². The second-order valence-electron chi connectivity index (χ2n) is 2.27. The number of aliphatic hydroxyl groups excluding tert-OH is 1. The van der Waals surface area contributed by atoms with E-state index in [1.807, 2.05) is 6.07 Å². The second kappa shape index (κ2) is 4.69. The Morgan fingerprint density at radius 2 is 2.36 bits per heavy atom. The molecule has 0 fully saturated rings. The van der Waals surface area contributed by atoms with Gasteiger partial charge >= 0.3 is 0 Å². The van der Waals surface area contributed by atoms with Gasteiger partial charge in [0.1, 0.15) is 12.1 Å². The van der Waals surface area contributed by atoms with Gasteiger partial charge in [-0.25, -0.2) is 0 Å².